The average molecular weight is 178 g/mol. The highest BCUT2D eigenvalue weighted by molar-refractivity contribution is 6.03. The molecule has 0 aliphatic heterocycles. The molecule has 0 saturated heterocycles. The third-order valence-electron chi connectivity index (χ3n) is 1.40. The predicted molar refractivity (Wildman–Crippen MR) is 47.5 cm³/mol. The molecule has 1 N–H and O–H groups in total. The molecule has 0 spiro atoms. The van der Waals surface area contributed by atoms with Crippen LogP contribution < -0.4 is 0 Å². The van der Waals surface area contributed by atoms with Crippen LogP contribution in [-0.4, -0.2) is 20.9 Å². The van der Waals surface area contributed by atoms with Gasteiger partial charge in [0.05, 0.1) is 5.76 Å². The zero-order chi connectivity index (χ0) is 9.84. The lowest BCUT2D eigenvalue weighted by molar-refractivity contribution is 0.103. The van der Waals surface area contributed by atoms with Gasteiger partial charge in [0.25, 0.3) is 0 Å². The second kappa shape index (κ2) is 3.80. The summed E-state index contributed by atoms with van der Waals surface area (Å²) in [6.07, 6.45) is 2.45. The molecule has 0 radical (unpaired) electrons. The molecule has 0 aliphatic carbocycles. The number of ketones is 1. The zero-order valence-electron chi connectivity index (χ0n) is 7.48. The van der Waals surface area contributed by atoms with Gasteiger partial charge in [0.1, 0.15) is 12.0 Å². The number of allylic oxidation sites excluding steroid dienone is 2. The maximum atomic E-state index is 11.3. The Labute approximate surface area is 76.0 Å². The van der Waals surface area contributed by atoms with Crippen LogP contribution in [0, 0.1) is 6.92 Å². The van der Waals surface area contributed by atoms with Gasteiger partial charge in [-0.25, -0.2) is 9.97 Å². The molecule has 1 heterocycles. The highest BCUT2D eigenvalue weighted by Gasteiger charge is 2.04. The fourth-order valence-electron chi connectivity index (χ4n) is 0.853. The summed E-state index contributed by atoms with van der Waals surface area (Å²) in [6, 6.07) is 1.57. The molecule has 68 valence electrons. The largest absolute Gasteiger partial charge is 0.512 e. The van der Waals surface area contributed by atoms with Crippen LogP contribution in [0.5, 0.6) is 0 Å². The van der Waals surface area contributed by atoms with E-state index in [0.717, 1.165) is 11.8 Å². The van der Waals surface area contributed by atoms with Crippen LogP contribution in [0.15, 0.2) is 24.2 Å². The van der Waals surface area contributed by atoms with E-state index in [2.05, 4.69) is 9.97 Å². The Kier molecular flexibility index (Phi) is 2.74. The summed E-state index contributed by atoms with van der Waals surface area (Å²) in [5.41, 5.74) is 1.02. The van der Waals surface area contributed by atoms with E-state index >= 15 is 0 Å². The Morgan fingerprint density at radius 2 is 2.23 bits per heavy atom. The highest BCUT2D eigenvalue weighted by Crippen LogP contribution is 2.00. The van der Waals surface area contributed by atoms with E-state index in [-0.39, 0.29) is 11.5 Å². The van der Waals surface area contributed by atoms with Crippen molar-refractivity contribution in [2.24, 2.45) is 0 Å². The second-order valence-electron chi connectivity index (χ2n) is 2.69. The first kappa shape index (κ1) is 9.38. The second-order valence-corrected chi connectivity index (χ2v) is 2.69. The Balaban J connectivity index is 2.96. The van der Waals surface area contributed by atoms with Gasteiger partial charge >= 0.3 is 0 Å². The molecule has 0 atom stereocenters. The maximum absolute atomic E-state index is 11.3. The molecular weight excluding hydrogens is 168 g/mol. The Bertz CT molecular complexity index is 354. The summed E-state index contributed by atoms with van der Waals surface area (Å²) in [4.78, 5) is 18.9. The van der Waals surface area contributed by atoms with Crippen molar-refractivity contribution in [1.29, 1.82) is 0 Å². The van der Waals surface area contributed by atoms with Crippen LogP contribution >= 0.6 is 0 Å². The fraction of sp³-hybridized carbons (Fsp3) is 0.222. The SMILES string of the molecule is C/C(O)=C/C(=O)c1cc(C)ncn1. The quantitative estimate of drug-likeness (QED) is 0.422. The number of nitrogens with zero attached hydrogens (tertiary/aromatic N) is 2. The number of carbonyl (C=O) groups excluding carboxylic acids is 1. The van der Waals surface area contributed by atoms with E-state index in [1.54, 1.807) is 13.0 Å². The molecule has 1 aromatic rings. The van der Waals surface area contributed by atoms with Crippen molar-refractivity contribution in [3.05, 3.63) is 35.6 Å². The van der Waals surface area contributed by atoms with E-state index in [4.69, 9.17) is 5.11 Å². The van der Waals surface area contributed by atoms with Gasteiger partial charge in [0.2, 0.25) is 5.78 Å². The van der Waals surface area contributed by atoms with Gasteiger partial charge in [0, 0.05) is 11.8 Å². The van der Waals surface area contributed by atoms with Gasteiger partial charge in [-0.05, 0) is 19.9 Å². The van der Waals surface area contributed by atoms with Gasteiger partial charge in [-0.3, -0.25) is 4.79 Å². The molecule has 0 aliphatic rings. The van der Waals surface area contributed by atoms with Gasteiger partial charge < -0.3 is 5.11 Å². The highest BCUT2D eigenvalue weighted by atomic mass is 16.3. The number of aryl methyl sites for hydroxylation is 1. The Morgan fingerprint density at radius 3 is 2.77 bits per heavy atom. The molecule has 0 bridgehead atoms. The molecule has 0 amide bonds. The smallest absolute Gasteiger partial charge is 0.207 e. The Morgan fingerprint density at radius 1 is 1.54 bits per heavy atom. The molecule has 0 unspecified atom stereocenters. The third kappa shape index (κ3) is 2.66. The monoisotopic (exact) mass is 178 g/mol. The zero-order valence-corrected chi connectivity index (χ0v) is 7.48. The van der Waals surface area contributed by atoms with Crippen LogP contribution in [-0.2, 0) is 0 Å². The number of aliphatic hydroxyl groups excluding tert-OH is 1. The van der Waals surface area contributed by atoms with Crippen molar-refractivity contribution in [2.75, 3.05) is 0 Å². The summed E-state index contributed by atoms with van der Waals surface area (Å²) in [5.74, 6) is -0.341. The van der Waals surface area contributed by atoms with Crippen LogP contribution in [0.4, 0.5) is 0 Å². The van der Waals surface area contributed by atoms with Gasteiger partial charge in [-0.2, -0.15) is 0 Å². The van der Waals surface area contributed by atoms with Crippen molar-refractivity contribution < 1.29 is 9.90 Å². The lowest BCUT2D eigenvalue weighted by atomic mass is 10.2. The molecule has 0 aromatic carbocycles. The first-order valence-corrected chi connectivity index (χ1v) is 3.80. The molecule has 1 rings (SSSR count). The summed E-state index contributed by atoms with van der Waals surface area (Å²) >= 11 is 0. The summed E-state index contributed by atoms with van der Waals surface area (Å²) < 4.78 is 0. The van der Waals surface area contributed by atoms with E-state index in [1.165, 1.54) is 13.3 Å². The minimum Gasteiger partial charge on any atom is -0.512 e. The van der Waals surface area contributed by atoms with E-state index < -0.39 is 0 Å². The molecule has 13 heavy (non-hydrogen) atoms. The van der Waals surface area contributed by atoms with Crippen molar-refractivity contribution in [3.63, 3.8) is 0 Å². The van der Waals surface area contributed by atoms with E-state index in [1.807, 2.05) is 0 Å². The molecule has 4 nitrogen and oxygen atoms in total. The topological polar surface area (TPSA) is 63.1 Å². The number of hydrogen-bond acceptors (Lipinski definition) is 4. The van der Waals surface area contributed by atoms with Crippen LogP contribution in [0.3, 0.4) is 0 Å². The lowest BCUT2D eigenvalue weighted by Gasteiger charge is -1.95. The molecule has 1 aromatic heterocycles. The molecule has 0 saturated carbocycles. The molecule has 0 fully saturated rings. The number of aliphatic hydroxyl groups is 1. The Hall–Kier alpha value is -1.71. The van der Waals surface area contributed by atoms with Crippen molar-refractivity contribution >= 4 is 5.78 Å². The van der Waals surface area contributed by atoms with Crippen LogP contribution in [0.2, 0.25) is 0 Å². The fourth-order valence-corrected chi connectivity index (χ4v) is 0.853. The number of hydrogen-bond donors (Lipinski definition) is 1. The normalized spacial score (nSPS) is 11.4. The maximum Gasteiger partial charge on any atom is 0.207 e. The summed E-state index contributed by atoms with van der Waals surface area (Å²) in [5, 5.41) is 8.85. The molecular formula is C9H10N2O2. The predicted octanol–water partition coefficient (Wildman–Crippen LogP) is 1.43. The minimum atomic E-state index is -0.314. The van der Waals surface area contributed by atoms with E-state index in [9.17, 15) is 4.79 Å². The first-order chi connectivity index (χ1) is 6.09. The van der Waals surface area contributed by atoms with E-state index in [0.29, 0.717) is 5.69 Å². The standard InChI is InChI=1S/C9H10N2O2/c1-6-3-8(11-5-10-6)9(13)4-7(2)12/h3-5,12H,1-2H3/b7-4-. The van der Waals surface area contributed by atoms with Gasteiger partial charge in [-0.15, -0.1) is 0 Å². The van der Waals surface area contributed by atoms with Crippen molar-refractivity contribution in [2.45, 2.75) is 13.8 Å². The summed E-state index contributed by atoms with van der Waals surface area (Å²) in [6.45, 7) is 3.21. The number of carbonyl (C=O) groups is 1. The van der Waals surface area contributed by atoms with Gasteiger partial charge in [-0.1, -0.05) is 0 Å². The minimum absolute atomic E-state index is 0.0266. The van der Waals surface area contributed by atoms with Crippen LogP contribution in [0.1, 0.15) is 23.1 Å². The summed E-state index contributed by atoms with van der Waals surface area (Å²) in [7, 11) is 0. The van der Waals surface area contributed by atoms with Gasteiger partial charge in [0.15, 0.2) is 0 Å². The number of aromatic nitrogens is 2. The van der Waals surface area contributed by atoms with Crippen LogP contribution in [0.25, 0.3) is 0 Å². The number of rotatable bonds is 2. The van der Waals surface area contributed by atoms with Crippen molar-refractivity contribution in [3.8, 4) is 0 Å². The first-order valence-electron chi connectivity index (χ1n) is 3.80. The lowest BCUT2D eigenvalue weighted by Crippen LogP contribution is -2.00. The molecule has 4 heteroatoms. The average Bonchev–Trinajstić information content (AvgIpc) is 2.03. The third-order valence-corrected chi connectivity index (χ3v) is 1.40. The van der Waals surface area contributed by atoms with Crippen molar-refractivity contribution in [1.82, 2.24) is 9.97 Å².